The van der Waals surface area contributed by atoms with Crippen molar-refractivity contribution in [3.63, 3.8) is 0 Å². The minimum Gasteiger partial charge on any atom is -0.481 e. The van der Waals surface area contributed by atoms with Crippen molar-refractivity contribution >= 4 is 44.6 Å². The Balaban J connectivity index is 1.49. The van der Waals surface area contributed by atoms with Gasteiger partial charge in [-0.05, 0) is 94.2 Å². The quantitative estimate of drug-likeness (QED) is 0.152. The summed E-state index contributed by atoms with van der Waals surface area (Å²) in [5.74, 6) is -6.89. The summed E-state index contributed by atoms with van der Waals surface area (Å²) in [7, 11) is -3.33. The van der Waals surface area contributed by atoms with Gasteiger partial charge in [-0.1, -0.05) is 32.9 Å². The van der Waals surface area contributed by atoms with Gasteiger partial charge in [-0.3, -0.25) is 28.9 Å². The molecule has 8 atom stereocenters. The SMILES string of the molecule is CCC(C)N(C(=O)O)[C@@H]1C(=O)N2[C@@H](C[C@@](C)(Oc3nc(OC)cc4cc(F)ccc34)C2(F)F)C(=O)N[C@]2(C(=O)NS(=O)(=O)C3(CF)CC3)C[C@H]2/C=C\CC[C@H](C)C[C@H]1C. The molecule has 19 heteroatoms. The zero-order chi connectivity index (χ0) is 43.5. The number of sulfonamides is 1. The van der Waals surface area contributed by atoms with Crippen molar-refractivity contribution in [2.45, 2.75) is 126 Å². The number of halogens is 4. The number of fused-ring (bicyclic) bond motifs is 3. The number of allylic oxidation sites excluding steroid dienone is 1. The molecule has 4 aliphatic rings. The maximum atomic E-state index is 17.6. The van der Waals surface area contributed by atoms with Crippen molar-refractivity contribution < 1.29 is 59.7 Å². The number of nitrogens with one attached hydrogen (secondary N) is 2. The summed E-state index contributed by atoms with van der Waals surface area (Å²) in [5.41, 5.74) is -4.78. The number of nitrogens with zero attached hydrogens (tertiary/aromatic N) is 3. The second kappa shape index (κ2) is 15.7. The van der Waals surface area contributed by atoms with Crippen LogP contribution in [0.5, 0.6) is 11.8 Å². The maximum absolute atomic E-state index is 17.6. The fourth-order valence-electron chi connectivity index (χ4n) is 8.51. The molecule has 6 rings (SSSR count). The highest BCUT2D eigenvalue weighted by molar-refractivity contribution is 7.91. The number of pyridine rings is 1. The summed E-state index contributed by atoms with van der Waals surface area (Å²) in [6.45, 7) is 6.38. The van der Waals surface area contributed by atoms with Crippen molar-refractivity contribution in [2.24, 2.45) is 17.8 Å². The minimum atomic E-state index is -4.57. The molecule has 3 N–H and O–H groups in total. The smallest absolute Gasteiger partial charge is 0.408 e. The number of alkyl halides is 3. The Hall–Kier alpha value is -4.68. The van der Waals surface area contributed by atoms with Crippen molar-refractivity contribution in [3.8, 4) is 11.8 Å². The fraction of sp³-hybridized carbons (Fsp3) is 0.625. The van der Waals surface area contributed by atoms with Gasteiger partial charge in [0.25, 0.3) is 11.8 Å². The number of methoxy groups -OCH3 is 1. The van der Waals surface area contributed by atoms with Gasteiger partial charge in [0.05, 0.1) is 7.11 Å². The molecule has 1 aromatic carbocycles. The zero-order valence-corrected chi connectivity index (χ0v) is 34.6. The van der Waals surface area contributed by atoms with Crippen molar-refractivity contribution in [3.05, 3.63) is 42.2 Å². The molecular weight excluding hydrogens is 803 g/mol. The van der Waals surface area contributed by atoms with Crippen LogP contribution in [0.25, 0.3) is 10.8 Å². The molecule has 1 saturated heterocycles. The van der Waals surface area contributed by atoms with Crippen molar-refractivity contribution in [1.29, 1.82) is 0 Å². The zero-order valence-electron chi connectivity index (χ0n) is 33.8. The highest BCUT2D eigenvalue weighted by atomic mass is 32.2. The van der Waals surface area contributed by atoms with E-state index in [4.69, 9.17) is 9.47 Å². The number of aromatic nitrogens is 1. The van der Waals surface area contributed by atoms with Crippen LogP contribution < -0.4 is 19.5 Å². The van der Waals surface area contributed by atoms with Gasteiger partial charge < -0.3 is 19.9 Å². The molecule has 3 fully saturated rings. The summed E-state index contributed by atoms with van der Waals surface area (Å²) in [6, 6.07) is -4.31. The summed E-state index contributed by atoms with van der Waals surface area (Å²) in [4.78, 5) is 61.7. The van der Waals surface area contributed by atoms with Gasteiger partial charge in [0.15, 0.2) is 5.60 Å². The monoisotopic (exact) mass is 853 g/mol. The highest BCUT2D eigenvalue weighted by Crippen LogP contribution is 2.52. The molecule has 0 spiro atoms. The van der Waals surface area contributed by atoms with Gasteiger partial charge in [0.1, 0.15) is 34.9 Å². The van der Waals surface area contributed by atoms with E-state index in [9.17, 15) is 36.7 Å². The number of benzene rings is 1. The Morgan fingerprint density at radius 3 is 2.47 bits per heavy atom. The van der Waals surface area contributed by atoms with Crippen LogP contribution in [0.4, 0.5) is 22.4 Å². The summed E-state index contributed by atoms with van der Waals surface area (Å²) in [6.07, 6.45) is 2.12. The number of carbonyl (C=O) groups excluding carboxylic acids is 3. The first-order valence-corrected chi connectivity index (χ1v) is 21.3. The normalized spacial score (nSPS) is 31.4. The van der Waals surface area contributed by atoms with Crippen LogP contribution in [0.1, 0.15) is 86.0 Å². The molecule has 2 aliphatic carbocycles. The van der Waals surface area contributed by atoms with Crippen LogP contribution in [0.15, 0.2) is 36.4 Å². The molecule has 324 valence electrons. The van der Waals surface area contributed by atoms with E-state index in [1.165, 1.54) is 26.2 Å². The average Bonchev–Trinajstić information content (AvgIpc) is 4.08. The Labute approximate surface area is 340 Å². The topological polar surface area (TPSA) is 185 Å². The van der Waals surface area contributed by atoms with E-state index in [1.807, 2.05) is 11.6 Å². The minimum absolute atomic E-state index is 0.0199. The molecule has 59 heavy (non-hydrogen) atoms. The highest BCUT2D eigenvalue weighted by Gasteiger charge is 2.71. The molecule has 4 amide bonds. The van der Waals surface area contributed by atoms with Crippen molar-refractivity contribution in [1.82, 2.24) is 24.8 Å². The first-order chi connectivity index (χ1) is 27.6. The maximum Gasteiger partial charge on any atom is 0.408 e. The Morgan fingerprint density at radius 1 is 1.17 bits per heavy atom. The lowest BCUT2D eigenvalue weighted by Crippen LogP contribution is -2.64. The van der Waals surface area contributed by atoms with E-state index < -0.39 is 111 Å². The lowest BCUT2D eigenvalue weighted by molar-refractivity contribution is -0.219. The second-order valence-corrected chi connectivity index (χ2v) is 19.0. The number of amides is 4. The van der Waals surface area contributed by atoms with Crippen LogP contribution in [0, 0.1) is 23.6 Å². The average molecular weight is 854 g/mol. The molecule has 0 radical (unpaired) electrons. The van der Waals surface area contributed by atoms with Crippen LogP contribution in [0.2, 0.25) is 0 Å². The van der Waals surface area contributed by atoms with Gasteiger partial charge in [0.2, 0.25) is 27.7 Å². The number of carboxylic acid groups (broad SMARTS) is 1. The van der Waals surface area contributed by atoms with Crippen LogP contribution >= 0.6 is 0 Å². The summed E-state index contributed by atoms with van der Waals surface area (Å²) >= 11 is 0. The predicted octanol–water partition coefficient (Wildman–Crippen LogP) is 5.70. The largest absolute Gasteiger partial charge is 0.481 e. The van der Waals surface area contributed by atoms with E-state index in [1.54, 1.807) is 26.0 Å². The molecule has 1 unspecified atom stereocenters. The van der Waals surface area contributed by atoms with Crippen LogP contribution in [0.3, 0.4) is 0 Å². The van der Waals surface area contributed by atoms with Crippen molar-refractivity contribution in [2.75, 3.05) is 13.8 Å². The molecule has 2 saturated carbocycles. The molecule has 2 aromatic rings. The van der Waals surface area contributed by atoms with Gasteiger partial charge in [-0.2, -0.15) is 13.8 Å². The Morgan fingerprint density at radius 2 is 1.86 bits per heavy atom. The number of hydrogen-bond donors (Lipinski definition) is 3. The van der Waals surface area contributed by atoms with E-state index in [0.717, 1.165) is 24.0 Å². The second-order valence-electron chi connectivity index (χ2n) is 16.9. The standard InChI is InChI=1S/C40H51F4N5O9S/c1-7-24(4)48(36(53)54)31-23(3)16-22(2)10-8-9-11-26-19-39(26,35(52)47-59(55,56)38(21-41)14-15-38)46-32(50)29-20-37(5,40(43,44)49(29)34(31)51)58-33-28-13-12-27(42)17-25(28)18-30(45-33)57-6/h9,11-13,17-18,22-24,26,29,31H,7-8,10,14-16,19-21H2,1-6H3,(H,46,50)(H,47,52)(H,53,54)/b11-9-/t22-,23+,24?,26+,29-,31-,37+,39+/m0/s1. The number of carbonyl (C=O) groups is 4. The van der Waals surface area contributed by atoms with Crippen LogP contribution in [-0.2, 0) is 24.4 Å². The first-order valence-electron chi connectivity index (χ1n) is 19.8. The van der Waals surface area contributed by atoms with Gasteiger partial charge in [-0.15, -0.1) is 0 Å². The van der Waals surface area contributed by atoms with Gasteiger partial charge in [0, 0.05) is 29.8 Å². The molecular formula is C40H51F4N5O9S. The Kier molecular flexibility index (Phi) is 11.7. The number of hydrogen-bond acceptors (Lipinski definition) is 9. The third kappa shape index (κ3) is 7.78. The molecule has 1 aromatic heterocycles. The molecule has 2 aliphatic heterocycles. The van der Waals surface area contributed by atoms with Gasteiger partial charge in [-0.25, -0.2) is 22.0 Å². The predicted molar refractivity (Wildman–Crippen MR) is 206 cm³/mol. The number of ether oxygens (including phenoxy) is 2. The lowest BCUT2D eigenvalue weighted by atomic mass is 9.86. The first kappa shape index (κ1) is 43.9. The van der Waals surface area contributed by atoms with Gasteiger partial charge >= 0.3 is 12.1 Å². The summed E-state index contributed by atoms with van der Waals surface area (Å²) in [5, 5.41) is 13.3. The molecule has 3 heterocycles. The van der Waals surface area contributed by atoms with E-state index in [0.29, 0.717) is 12.8 Å². The van der Waals surface area contributed by atoms with E-state index in [-0.39, 0.29) is 59.6 Å². The van der Waals surface area contributed by atoms with Crippen LogP contribution in [-0.4, -0.2) is 106 Å². The fourth-order valence-corrected chi connectivity index (χ4v) is 9.93. The van der Waals surface area contributed by atoms with E-state index >= 15 is 13.6 Å². The third-order valence-electron chi connectivity index (χ3n) is 12.6. The molecule has 14 nitrogen and oxygen atoms in total. The number of rotatable bonds is 10. The van der Waals surface area contributed by atoms with E-state index in [2.05, 4.69) is 10.3 Å². The third-order valence-corrected chi connectivity index (χ3v) is 14.7. The summed E-state index contributed by atoms with van der Waals surface area (Å²) < 4.78 is 101. The Bertz CT molecular complexity index is 2160. The molecule has 0 bridgehead atoms. The lowest BCUT2D eigenvalue weighted by Gasteiger charge is -2.42.